The molecule has 2 aromatic rings. The molecule has 0 saturated heterocycles. The summed E-state index contributed by atoms with van der Waals surface area (Å²) in [6.45, 7) is 2.97. The van der Waals surface area contributed by atoms with Crippen LogP contribution in [0.3, 0.4) is 0 Å². The van der Waals surface area contributed by atoms with E-state index in [1.807, 2.05) is 12.1 Å². The molecule has 0 radical (unpaired) electrons. The summed E-state index contributed by atoms with van der Waals surface area (Å²) in [5.41, 5.74) is 2.26. The number of nitrogens with zero attached hydrogens (tertiary/aromatic N) is 1. The minimum Gasteiger partial charge on any atom is -0.344 e. The Bertz CT molecular complexity index is 502. The Morgan fingerprint density at radius 1 is 1.47 bits per heavy atom. The predicted octanol–water partition coefficient (Wildman–Crippen LogP) is 3.17. The van der Waals surface area contributed by atoms with Crippen LogP contribution < -0.4 is 0 Å². The Balaban J connectivity index is 2.73. The molecule has 3 heteroatoms. The quantitative estimate of drug-likeness (QED) is 0.782. The van der Waals surface area contributed by atoms with Crippen molar-refractivity contribution in [2.75, 3.05) is 0 Å². The van der Waals surface area contributed by atoms with Crippen molar-refractivity contribution in [3.8, 4) is 0 Å². The maximum atomic E-state index is 10.6. The highest BCUT2D eigenvalue weighted by Gasteiger charge is 2.09. The Morgan fingerprint density at radius 2 is 2.27 bits per heavy atom. The highest BCUT2D eigenvalue weighted by molar-refractivity contribution is 9.10. The van der Waals surface area contributed by atoms with E-state index < -0.39 is 0 Å². The molecule has 0 aliphatic heterocycles. The first-order valence-corrected chi connectivity index (χ1v) is 5.77. The lowest BCUT2D eigenvalue weighted by atomic mass is 10.2. The molecule has 0 saturated carbocycles. The van der Waals surface area contributed by atoms with Gasteiger partial charge >= 0.3 is 0 Å². The molecule has 2 rings (SSSR count). The number of fused-ring (bicyclic) bond motifs is 1. The Kier molecular flexibility index (Phi) is 2.91. The summed E-state index contributed by atoms with van der Waals surface area (Å²) in [4.78, 5) is 10.6. The molecule has 78 valence electrons. The van der Waals surface area contributed by atoms with Gasteiger partial charge in [-0.2, -0.15) is 0 Å². The molecular formula is C12H12BrNO. The summed E-state index contributed by atoms with van der Waals surface area (Å²) >= 11 is 3.54. The normalized spacial score (nSPS) is 10.8. The molecule has 0 fully saturated rings. The van der Waals surface area contributed by atoms with Crippen LogP contribution in [0.4, 0.5) is 0 Å². The Hall–Kier alpha value is -1.09. The zero-order valence-corrected chi connectivity index (χ0v) is 10.1. The molecule has 1 aromatic heterocycles. The van der Waals surface area contributed by atoms with E-state index in [0.717, 1.165) is 23.0 Å². The van der Waals surface area contributed by atoms with E-state index in [1.165, 1.54) is 10.9 Å². The molecule has 1 aromatic carbocycles. The van der Waals surface area contributed by atoms with Gasteiger partial charge in [-0.1, -0.05) is 12.1 Å². The average Bonchev–Trinajstić information content (AvgIpc) is 2.57. The summed E-state index contributed by atoms with van der Waals surface area (Å²) in [6, 6.07) is 8.19. The van der Waals surface area contributed by atoms with Gasteiger partial charge in [0.25, 0.3) is 0 Å². The van der Waals surface area contributed by atoms with E-state index >= 15 is 0 Å². The van der Waals surface area contributed by atoms with Crippen molar-refractivity contribution in [2.45, 2.75) is 19.9 Å². The van der Waals surface area contributed by atoms with Crippen LogP contribution in [-0.2, 0) is 17.8 Å². The monoisotopic (exact) mass is 265 g/mol. The standard InChI is InChI=1S/C12H12BrNO/c1-2-14-10(6-7-15)8-9-4-3-5-11(13)12(9)14/h3-5,7-8H,2,6H2,1H3. The van der Waals surface area contributed by atoms with Crippen molar-refractivity contribution in [1.82, 2.24) is 4.57 Å². The number of aryl methyl sites for hydroxylation is 1. The summed E-state index contributed by atoms with van der Waals surface area (Å²) in [7, 11) is 0. The highest BCUT2D eigenvalue weighted by Crippen LogP contribution is 2.27. The van der Waals surface area contributed by atoms with Crippen LogP contribution in [0.5, 0.6) is 0 Å². The Labute approximate surface area is 97.0 Å². The molecule has 0 aliphatic carbocycles. The van der Waals surface area contributed by atoms with Crippen molar-refractivity contribution in [1.29, 1.82) is 0 Å². The minimum atomic E-state index is 0.481. The topological polar surface area (TPSA) is 22.0 Å². The molecule has 0 unspecified atom stereocenters. The number of rotatable bonds is 3. The van der Waals surface area contributed by atoms with E-state index in [1.54, 1.807) is 0 Å². The number of carbonyl (C=O) groups is 1. The molecule has 0 spiro atoms. The third-order valence-corrected chi connectivity index (χ3v) is 3.21. The smallest absolute Gasteiger partial charge is 0.125 e. The van der Waals surface area contributed by atoms with Crippen LogP contribution in [0.15, 0.2) is 28.7 Å². The first kappa shape index (κ1) is 10.4. The van der Waals surface area contributed by atoms with Gasteiger partial charge in [0.2, 0.25) is 0 Å². The molecule has 0 N–H and O–H groups in total. The summed E-state index contributed by atoms with van der Waals surface area (Å²) in [5.74, 6) is 0. The van der Waals surface area contributed by atoms with Crippen LogP contribution in [0, 0.1) is 0 Å². The van der Waals surface area contributed by atoms with Gasteiger partial charge in [-0.05, 0) is 35.0 Å². The zero-order chi connectivity index (χ0) is 10.8. The fourth-order valence-corrected chi connectivity index (χ4v) is 2.55. The fraction of sp³-hybridized carbons (Fsp3) is 0.250. The van der Waals surface area contributed by atoms with Gasteiger partial charge in [0.05, 0.1) is 5.52 Å². The van der Waals surface area contributed by atoms with Crippen molar-refractivity contribution in [3.63, 3.8) is 0 Å². The number of hydrogen-bond acceptors (Lipinski definition) is 1. The SMILES string of the molecule is CCn1c(CC=O)cc2cccc(Br)c21. The van der Waals surface area contributed by atoms with Crippen molar-refractivity contribution >= 4 is 33.1 Å². The third-order valence-electron chi connectivity index (χ3n) is 2.57. The van der Waals surface area contributed by atoms with E-state index in [0.29, 0.717) is 6.42 Å². The van der Waals surface area contributed by atoms with Gasteiger partial charge in [0.1, 0.15) is 6.29 Å². The summed E-state index contributed by atoms with van der Waals surface area (Å²) in [5, 5.41) is 1.18. The first-order chi connectivity index (χ1) is 7.27. The van der Waals surface area contributed by atoms with Gasteiger partial charge in [-0.3, -0.25) is 0 Å². The van der Waals surface area contributed by atoms with Crippen molar-refractivity contribution < 1.29 is 4.79 Å². The Morgan fingerprint density at radius 3 is 2.93 bits per heavy atom. The third kappa shape index (κ3) is 1.72. The average molecular weight is 266 g/mol. The van der Waals surface area contributed by atoms with Crippen LogP contribution in [-0.4, -0.2) is 10.9 Å². The number of carbonyl (C=O) groups excluding carboxylic acids is 1. The van der Waals surface area contributed by atoms with E-state index in [2.05, 4.69) is 39.6 Å². The first-order valence-electron chi connectivity index (χ1n) is 4.98. The maximum Gasteiger partial charge on any atom is 0.125 e. The van der Waals surface area contributed by atoms with Crippen LogP contribution >= 0.6 is 15.9 Å². The highest BCUT2D eigenvalue weighted by atomic mass is 79.9. The molecule has 2 nitrogen and oxygen atoms in total. The van der Waals surface area contributed by atoms with Gasteiger partial charge in [0, 0.05) is 28.5 Å². The largest absolute Gasteiger partial charge is 0.344 e. The predicted molar refractivity (Wildman–Crippen MR) is 65.1 cm³/mol. The van der Waals surface area contributed by atoms with Crippen LogP contribution in [0.25, 0.3) is 10.9 Å². The van der Waals surface area contributed by atoms with E-state index in [-0.39, 0.29) is 0 Å². The number of para-hydroxylation sites is 1. The van der Waals surface area contributed by atoms with Crippen LogP contribution in [0.2, 0.25) is 0 Å². The molecule has 0 amide bonds. The van der Waals surface area contributed by atoms with Gasteiger partial charge in [-0.15, -0.1) is 0 Å². The molecule has 0 aliphatic rings. The minimum absolute atomic E-state index is 0.481. The number of aldehydes is 1. The maximum absolute atomic E-state index is 10.6. The lowest BCUT2D eigenvalue weighted by molar-refractivity contribution is -0.107. The number of aromatic nitrogens is 1. The number of halogens is 1. The number of benzene rings is 1. The van der Waals surface area contributed by atoms with Gasteiger partial charge in [-0.25, -0.2) is 0 Å². The van der Waals surface area contributed by atoms with Crippen molar-refractivity contribution in [3.05, 3.63) is 34.4 Å². The molecule has 15 heavy (non-hydrogen) atoms. The summed E-state index contributed by atoms with van der Waals surface area (Å²) < 4.78 is 3.26. The second-order valence-electron chi connectivity index (χ2n) is 3.43. The molecule has 0 atom stereocenters. The molecule has 1 heterocycles. The zero-order valence-electron chi connectivity index (χ0n) is 8.53. The molecular weight excluding hydrogens is 254 g/mol. The van der Waals surface area contributed by atoms with E-state index in [9.17, 15) is 4.79 Å². The van der Waals surface area contributed by atoms with Crippen LogP contribution in [0.1, 0.15) is 12.6 Å². The fourth-order valence-electron chi connectivity index (χ4n) is 1.95. The van der Waals surface area contributed by atoms with Crippen molar-refractivity contribution in [2.24, 2.45) is 0 Å². The second kappa shape index (κ2) is 4.19. The van der Waals surface area contributed by atoms with Gasteiger partial charge in [0.15, 0.2) is 0 Å². The lowest BCUT2D eigenvalue weighted by Crippen LogP contribution is -2.01. The van der Waals surface area contributed by atoms with E-state index in [4.69, 9.17) is 0 Å². The molecule has 0 bridgehead atoms. The van der Waals surface area contributed by atoms with Gasteiger partial charge < -0.3 is 9.36 Å². The lowest BCUT2D eigenvalue weighted by Gasteiger charge is -2.06. The number of hydrogen-bond donors (Lipinski definition) is 0. The second-order valence-corrected chi connectivity index (χ2v) is 4.28. The summed E-state index contributed by atoms with van der Waals surface area (Å²) in [6.07, 6.45) is 1.43.